The van der Waals surface area contributed by atoms with Gasteiger partial charge in [-0.3, -0.25) is 4.79 Å². The molecule has 1 saturated carbocycles. The molecule has 62 valence electrons. The molecule has 2 aliphatic rings. The predicted octanol–water partition coefficient (Wildman–Crippen LogP) is 1.55. The minimum absolute atomic E-state index is 0.400. The first-order valence-corrected chi connectivity index (χ1v) is 4.67. The number of likely N-dealkylation sites (tertiary alicyclic amines) is 1. The Balaban J connectivity index is 1.97. The molecule has 2 rings (SSSR count). The second kappa shape index (κ2) is 2.84. The van der Waals surface area contributed by atoms with Crippen molar-refractivity contribution in [3.05, 3.63) is 0 Å². The molecule has 0 bridgehead atoms. The molecule has 0 N–H and O–H groups in total. The highest BCUT2D eigenvalue weighted by molar-refractivity contribution is 5.78. The third kappa shape index (κ3) is 1.26. The maximum absolute atomic E-state index is 11.3. The zero-order chi connectivity index (χ0) is 7.68. The van der Waals surface area contributed by atoms with Gasteiger partial charge in [0.1, 0.15) is 0 Å². The first kappa shape index (κ1) is 7.14. The van der Waals surface area contributed by atoms with E-state index in [9.17, 15) is 4.79 Å². The number of carbonyl (C=O) groups is 1. The third-order valence-corrected chi connectivity index (χ3v) is 2.88. The Labute approximate surface area is 67.6 Å². The van der Waals surface area contributed by atoms with Gasteiger partial charge >= 0.3 is 0 Å². The van der Waals surface area contributed by atoms with E-state index in [1.54, 1.807) is 0 Å². The van der Waals surface area contributed by atoms with Crippen LogP contribution in [-0.4, -0.2) is 23.4 Å². The summed E-state index contributed by atoms with van der Waals surface area (Å²) in [6.07, 6.45) is 7.06. The first-order chi connectivity index (χ1) is 5.38. The lowest BCUT2D eigenvalue weighted by molar-refractivity contribution is -0.129. The molecule has 0 aromatic rings. The number of carbonyl (C=O) groups excluding carboxylic acids is 1. The van der Waals surface area contributed by atoms with Crippen LogP contribution in [0.1, 0.15) is 38.5 Å². The van der Waals surface area contributed by atoms with Crippen LogP contribution in [0.5, 0.6) is 0 Å². The van der Waals surface area contributed by atoms with E-state index >= 15 is 0 Å². The van der Waals surface area contributed by atoms with Crippen LogP contribution in [0.15, 0.2) is 0 Å². The molecule has 2 nitrogen and oxygen atoms in total. The highest BCUT2D eigenvalue weighted by Crippen LogP contribution is 2.26. The summed E-state index contributed by atoms with van der Waals surface area (Å²) in [6.45, 7) is 1.03. The molecule has 11 heavy (non-hydrogen) atoms. The SMILES string of the molecule is O=C1CCCN1C1CCCC1. The second-order valence-corrected chi connectivity index (χ2v) is 3.63. The van der Waals surface area contributed by atoms with Crippen molar-refractivity contribution < 1.29 is 4.79 Å². The van der Waals surface area contributed by atoms with Gasteiger partial charge in [0.2, 0.25) is 5.91 Å². The number of amides is 1. The molecular weight excluding hydrogens is 138 g/mol. The summed E-state index contributed by atoms with van der Waals surface area (Å²) < 4.78 is 0. The fraction of sp³-hybridized carbons (Fsp3) is 0.889. The average molecular weight is 153 g/mol. The molecule has 1 heterocycles. The molecule has 1 amide bonds. The Morgan fingerprint density at radius 1 is 1.18 bits per heavy atom. The average Bonchev–Trinajstić information content (AvgIpc) is 2.55. The molecule has 0 atom stereocenters. The van der Waals surface area contributed by atoms with Crippen LogP contribution < -0.4 is 0 Å². The molecule has 1 saturated heterocycles. The van der Waals surface area contributed by atoms with Crippen LogP contribution >= 0.6 is 0 Å². The van der Waals surface area contributed by atoms with Crippen molar-refractivity contribution in [3.63, 3.8) is 0 Å². The molecule has 1 aliphatic carbocycles. The lowest BCUT2D eigenvalue weighted by Crippen LogP contribution is -2.33. The largest absolute Gasteiger partial charge is 0.340 e. The van der Waals surface area contributed by atoms with Gasteiger partial charge in [-0.1, -0.05) is 12.8 Å². The van der Waals surface area contributed by atoms with Crippen molar-refractivity contribution >= 4 is 5.91 Å². The predicted molar refractivity (Wildman–Crippen MR) is 43.2 cm³/mol. The minimum atomic E-state index is 0.400. The zero-order valence-electron chi connectivity index (χ0n) is 6.88. The monoisotopic (exact) mass is 153 g/mol. The number of nitrogens with zero attached hydrogens (tertiary/aromatic N) is 1. The molecule has 0 unspecified atom stereocenters. The van der Waals surface area contributed by atoms with Crippen LogP contribution in [0.25, 0.3) is 0 Å². The summed E-state index contributed by atoms with van der Waals surface area (Å²) in [4.78, 5) is 13.4. The molecule has 0 radical (unpaired) electrons. The van der Waals surface area contributed by atoms with E-state index in [4.69, 9.17) is 0 Å². The quantitative estimate of drug-likeness (QED) is 0.559. The molecule has 2 fully saturated rings. The van der Waals surface area contributed by atoms with Gasteiger partial charge < -0.3 is 4.90 Å². The summed E-state index contributed by atoms with van der Waals surface area (Å²) in [6, 6.07) is 0.616. The topological polar surface area (TPSA) is 20.3 Å². The maximum Gasteiger partial charge on any atom is 0.222 e. The number of rotatable bonds is 1. The number of hydrogen-bond acceptors (Lipinski definition) is 1. The number of hydrogen-bond donors (Lipinski definition) is 0. The fourth-order valence-corrected chi connectivity index (χ4v) is 2.27. The Bertz CT molecular complexity index is 161. The summed E-state index contributed by atoms with van der Waals surface area (Å²) in [5.74, 6) is 0.400. The van der Waals surface area contributed by atoms with Crippen molar-refractivity contribution in [1.82, 2.24) is 4.90 Å². The fourth-order valence-electron chi connectivity index (χ4n) is 2.27. The van der Waals surface area contributed by atoms with E-state index in [1.165, 1.54) is 25.7 Å². The Morgan fingerprint density at radius 2 is 1.91 bits per heavy atom. The minimum Gasteiger partial charge on any atom is -0.340 e. The van der Waals surface area contributed by atoms with Gasteiger partial charge in [-0.15, -0.1) is 0 Å². The second-order valence-electron chi connectivity index (χ2n) is 3.63. The van der Waals surface area contributed by atoms with Crippen LogP contribution in [-0.2, 0) is 4.79 Å². The molecule has 2 heteroatoms. The normalized spacial score (nSPS) is 26.9. The first-order valence-electron chi connectivity index (χ1n) is 4.67. The van der Waals surface area contributed by atoms with Gasteiger partial charge in [0.15, 0.2) is 0 Å². The smallest absolute Gasteiger partial charge is 0.222 e. The van der Waals surface area contributed by atoms with Crippen molar-refractivity contribution in [3.8, 4) is 0 Å². The molecule has 1 aliphatic heterocycles. The zero-order valence-corrected chi connectivity index (χ0v) is 6.88. The van der Waals surface area contributed by atoms with Crippen molar-refractivity contribution in [2.24, 2.45) is 0 Å². The summed E-state index contributed by atoms with van der Waals surface area (Å²) in [7, 11) is 0. The third-order valence-electron chi connectivity index (χ3n) is 2.88. The summed E-state index contributed by atoms with van der Waals surface area (Å²) >= 11 is 0. The van der Waals surface area contributed by atoms with Crippen LogP contribution in [0.3, 0.4) is 0 Å². The molecule has 0 aromatic carbocycles. The summed E-state index contributed by atoms with van der Waals surface area (Å²) in [5.41, 5.74) is 0. The summed E-state index contributed by atoms with van der Waals surface area (Å²) in [5, 5.41) is 0. The van der Waals surface area contributed by atoms with Crippen LogP contribution in [0.2, 0.25) is 0 Å². The van der Waals surface area contributed by atoms with Crippen LogP contribution in [0.4, 0.5) is 0 Å². The van der Waals surface area contributed by atoms with Crippen molar-refractivity contribution in [2.45, 2.75) is 44.6 Å². The van der Waals surface area contributed by atoms with E-state index in [0.29, 0.717) is 11.9 Å². The van der Waals surface area contributed by atoms with Gasteiger partial charge in [0, 0.05) is 19.0 Å². The lowest BCUT2D eigenvalue weighted by Gasteiger charge is -2.22. The van der Waals surface area contributed by atoms with Gasteiger partial charge in [0.05, 0.1) is 0 Å². The van der Waals surface area contributed by atoms with Gasteiger partial charge in [-0.25, -0.2) is 0 Å². The van der Waals surface area contributed by atoms with Crippen molar-refractivity contribution in [1.29, 1.82) is 0 Å². The van der Waals surface area contributed by atoms with E-state index in [0.717, 1.165) is 19.4 Å². The van der Waals surface area contributed by atoms with Crippen molar-refractivity contribution in [2.75, 3.05) is 6.54 Å². The Morgan fingerprint density at radius 3 is 2.45 bits per heavy atom. The Hall–Kier alpha value is -0.530. The van der Waals surface area contributed by atoms with Gasteiger partial charge in [-0.05, 0) is 19.3 Å². The molecule has 0 spiro atoms. The highest BCUT2D eigenvalue weighted by Gasteiger charge is 2.29. The molecule has 0 aromatic heterocycles. The van der Waals surface area contributed by atoms with E-state index in [1.807, 2.05) is 0 Å². The maximum atomic E-state index is 11.3. The lowest BCUT2D eigenvalue weighted by atomic mass is 10.2. The molecular formula is C9H15NO. The van der Waals surface area contributed by atoms with E-state index in [2.05, 4.69) is 4.90 Å². The van der Waals surface area contributed by atoms with Gasteiger partial charge in [-0.2, -0.15) is 0 Å². The highest BCUT2D eigenvalue weighted by atomic mass is 16.2. The van der Waals surface area contributed by atoms with E-state index < -0.39 is 0 Å². The van der Waals surface area contributed by atoms with E-state index in [-0.39, 0.29) is 0 Å². The van der Waals surface area contributed by atoms with Crippen LogP contribution in [0, 0.1) is 0 Å². The Kier molecular flexibility index (Phi) is 1.84. The standard InChI is InChI=1S/C9H15NO/c11-9-6-3-7-10(9)8-4-1-2-5-8/h8H,1-7H2. The van der Waals surface area contributed by atoms with Gasteiger partial charge in [0.25, 0.3) is 0 Å².